The van der Waals surface area contributed by atoms with Crippen LogP contribution in [-0.4, -0.2) is 15.9 Å². The molecule has 23 heavy (non-hydrogen) atoms. The topological polar surface area (TPSA) is 50.8 Å². The first kappa shape index (κ1) is 17.3. The third-order valence-electron chi connectivity index (χ3n) is 3.47. The Morgan fingerprint density at radius 1 is 1.43 bits per heavy atom. The van der Waals surface area contributed by atoms with Crippen molar-refractivity contribution in [2.24, 2.45) is 7.05 Å². The first-order valence-corrected chi connectivity index (χ1v) is 7.98. The van der Waals surface area contributed by atoms with E-state index >= 15 is 0 Å². The summed E-state index contributed by atoms with van der Waals surface area (Å²) in [6.45, 7) is 5.81. The molecule has 0 bridgehead atoms. The van der Waals surface area contributed by atoms with E-state index in [-0.39, 0.29) is 22.3 Å². The van der Waals surface area contributed by atoms with Crippen LogP contribution in [0.3, 0.4) is 0 Å². The zero-order valence-corrected chi connectivity index (χ0v) is 14.4. The lowest BCUT2D eigenvalue weighted by atomic mass is 10.0. The number of aryl methyl sites for hydroxylation is 2. The highest BCUT2D eigenvalue weighted by molar-refractivity contribution is 6.31. The average Bonchev–Trinajstić information content (AvgIpc) is 3.30. The molecule has 0 spiro atoms. The summed E-state index contributed by atoms with van der Waals surface area (Å²) in [4.78, 5) is 0. The Balaban J connectivity index is 0.000000924. The van der Waals surface area contributed by atoms with E-state index in [0.717, 1.165) is 18.4 Å². The smallest absolute Gasteiger partial charge is 0.152 e. The Kier molecular flexibility index (Phi) is 5.27. The Morgan fingerprint density at radius 3 is 2.57 bits per heavy atom. The van der Waals surface area contributed by atoms with E-state index < -0.39 is 5.82 Å². The van der Waals surface area contributed by atoms with Crippen LogP contribution < -0.4 is 4.74 Å². The number of ether oxygens (including phenoxy) is 1. The van der Waals surface area contributed by atoms with Crippen molar-refractivity contribution in [3.05, 3.63) is 34.2 Å². The minimum atomic E-state index is -0.622. The molecular weight excluding hydrogens is 317 g/mol. The summed E-state index contributed by atoms with van der Waals surface area (Å²) in [6, 6.07) is 3.42. The van der Waals surface area contributed by atoms with E-state index in [4.69, 9.17) is 16.3 Å². The SMILES string of the molecule is CC.Cc1cnn(C)c1-c1c(F)c(Cl)cc(OC2CC2)c1C#N. The molecule has 1 aliphatic rings. The van der Waals surface area contributed by atoms with Crippen molar-refractivity contribution in [3.8, 4) is 23.1 Å². The molecule has 0 saturated heterocycles. The number of benzene rings is 1. The Bertz CT molecular complexity index is 741. The maximum atomic E-state index is 14.5. The maximum Gasteiger partial charge on any atom is 0.152 e. The van der Waals surface area contributed by atoms with Gasteiger partial charge in [-0.2, -0.15) is 10.4 Å². The van der Waals surface area contributed by atoms with Gasteiger partial charge in [0, 0.05) is 13.1 Å². The standard InChI is InChI=1S/C15H13ClFN3O.C2H6/c1-8-7-19-20(2)15(8)13-10(6-18)12(21-9-3-4-9)5-11(16)14(13)17;1-2/h5,7,9H,3-4H2,1-2H3;1-2H3. The van der Waals surface area contributed by atoms with Crippen molar-refractivity contribution in [2.75, 3.05) is 0 Å². The molecule has 4 nitrogen and oxygen atoms in total. The zero-order valence-electron chi connectivity index (χ0n) is 13.7. The van der Waals surface area contributed by atoms with Gasteiger partial charge in [-0.3, -0.25) is 4.68 Å². The monoisotopic (exact) mass is 335 g/mol. The van der Waals surface area contributed by atoms with Crippen LogP contribution in [0, 0.1) is 24.1 Å². The van der Waals surface area contributed by atoms with E-state index in [9.17, 15) is 9.65 Å². The third kappa shape index (κ3) is 3.32. The number of nitriles is 1. The second-order valence-electron chi connectivity index (χ2n) is 5.15. The fourth-order valence-corrected chi connectivity index (χ4v) is 2.49. The number of aromatic nitrogens is 2. The summed E-state index contributed by atoms with van der Waals surface area (Å²) in [6.07, 6.45) is 3.61. The van der Waals surface area contributed by atoms with Gasteiger partial charge < -0.3 is 4.74 Å². The second-order valence-corrected chi connectivity index (χ2v) is 5.56. The highest BCUT2D eigenvalue weighted by Gasteiger charge is 2.28. The molecule has 1 aliphatic carbocycles. The van der Waals surface area contributed by atoms with Crippen LogP contribution in [0.1, 0.15) is 37.8 Å². The highest BCUT2D eigenvalue weighted by Crippen LogP contribution is 2.40. The minimum absolute atomic E-state index is 0.0553. The van der Waals surface area contributed by atoms with Gasteiger partial charge in [0.2, 0.25) is 0 Å². The fourth-order valence-electron chi connectivity index (χ4n) is 2.30. The molecule has 1 heterocycles. The Labute approximate surface area is 140 Å². The van der Waals surface area contributed by atoms with Crippen molar-refractivity contribution in [2.45, 2.75) is 39.7 Å². The molecule has 0 unspecified atom stereocenters. The van der Waals surface area contributed by atoms with Crippen LogP contribution in [0.4, 0.5) is 4.39 Å². The summed E-state index contributed by atoms with van der Waals surface area (Å²) in [5.74, 6) is -0.287. The van der Waals surface area contributed by atoms with Crippen molar-refractivity contribution >= 4 is 11.6 Å². The van der Waals surface area contributed by atoms with Gasteiger partial charge in [0.15, 0.2) is 5.82 Å². The molecule has 1 fully saturated rings. The van der Waals surface area contributed by atoms with Gasteiger partial charge in [0.05, 0.1) is 28.6 Å². The van der Waals surface area contributed by atoms with E-state index in [1.165, 1.54) is 10.7 Å². The third-order valence-corrected chi connectivity index (χ3v) is 3.75. The quantitative estimate of drug-likeness (QED) is 0.821. The number of hydrogen-bond acceptors (Lipinski definition) is 3. The van der Waals surface area contributed by atoms with Gasteiger partial charge in [-0.15, -0.1) is 0 Å². The van der Waals surface area contributed by atoms with E-state index in [1.54, 1.807) is 13.2 Å². The second kappa shape index (κ2) is 7.01. The molecule has 0 radical (unpaired) electrons. The molecule has 0 atom stereocenters. The summed E-state index contributed by atoms with van der Waals surface area (Å²) < 4.78 is 21.8. The van der Waals surface area contributed by atoms with Gasteiger partial charge in [0.1, 0.15) is 17.4 Å². The van der Waals surface area contributed by atoms with Crippen molar-refractivity contribution < 1.29 is 9.13 Å². The summed E-state index contributed by atoms with van der Waals surface area (Å²) in [7, 11) is 1.70. The molecular formula is C17H19ClFN3O. The Morgan fingerprint density at radius 2 is 2.09 bits per heavy atom. The number of nitrogens with zero attached hydrogens (tertiary/aromatic N) is 3. The van der Waals surface area contributed by atoms with Crippen molar-refractivity contribution in [1.29, 1.82) is 5.26 Å². The molecule has 1 saturated carbocycles. The van der Waals surface area contributed by atoms with Crippen LogP contribution in [0.15, 0.2) is 12.3 Å². The molecule has 0 aliphatic heterocycles. The van der Waals surface area contributed by atoms with Gasteiger partial charge in [-0.25, -0.2) is 4.39 Å². The van der Waals surface area contributed by atoms with Crippen molar-refractivity contribution in [3.63, 3.8) is 0 Å². The summed E-state index contributed by atoms with van der Waals surface area (Å²) in [5, 5.41) is 13.5. The molecule has 0 amide bonds. The van der Waals surface area contributed by atoms with Crippen LogP contribution >= 0.6 is 11.6 Å². The number of halogens is 2. The maximum absolute atomic E-state index is 14.5. The predicted octanol–water partition coefficient (Wildman–Crippen LogP) is 4.63. The van der Waals surface area contributed by atoms with Gasteiger partial charge in [-0.05, 0) is 25.3 Å². The molecule has 0 N–H and O–H groups in total. The van der Waals surface area contributed by atoms with E-state index in [0.29, 0.717) is 11.4 Å². The fraction of sp³-hybridized carbons (Fsp3) is 0.412. The Hall–Kier alpha value is -2.06. The molecule has 1 aromatic heterocycles. The van der Waals surface area contributed by atoms with Crippen LogP contribution in [0.25, 0.3) is 11.3 Å². The van der Waals surface area contributed by atoms with Crippen LogP contribution in [0.5, 0.6) is 5.75 Å². The lowest BCUT2D eigenvalue weighted by molar-refractivity contribution is 0.302. The number of rotatable bonds is 3. The van der Waals surface area contributed by atoms with Gasteiger partial charge >= 0.3 is 0 Å². The molecule has 122 valence electrons. The minimum Gasteiger partial charge on any atom is -0.489 e. The first-order chi connectivity index (χ1) is 11.0. The molecule has 2 aromatic rings. The highest BCUT2D eigenvalue weighted by atomic mass is 35.5. The first-order valence-electron chi connectivity index (χ1n) is 7.60. The normalized spacial score (nSPS) is 13.1. The average molecular weight is 336 g/mol. The zero-order chi connectivity index (χ0) is 17.1. The van der Waals surface area contributed by atoms with Crippen LogP contribution in [-0.2, 0) is 7.05 Å². The van der Waals surface area contributed by atoms with Gasteiger partial charge in [0.25, 0.3) is 0 Å². The lowest BCUT2D eigenvalue weighted by Gasteiger charge is -2.14. The van der Waals surface area contributed by atoms with E-state index in [2.05, 4.69) is 5.10 Å². The molecule has 3 rings (SSSR count). The van der Waals surface area contributed by atoms with Crippen LogP contribution in [0.2, 0.25) is 5.02 Å². The summed E-state index contributed by atoms with van der Waals surface area (Å²) in [5.41, 5.74) is 1.62. The predicted molar refractivity (Wildman–Crippen MR) is 88.1 cm³/mol. The lowest BCUT2D eigenvalue weighted by Crippen LogP contribution is -2.04. The number of hydrogen-bond donors (Lipinski definition) is 0. The summed E-state index contributed by atoms with van der Waals surface area (Å²) >= 11 is 5.98. The van der Waals surface area contributed by atoms with E-state index in [1.807, 2.05) is 26.8 Å². The largest absolute Gasteiger partial charge is 0.489 e. The molecule has 1 aromatic carbocycles. The van der Waals surface area contributed by atoms with Gasteiger partial charge in [-0.1, -0.05) is 25.4 Å². The molecule has 6 heteroatoms. The van der Waals surface area contributed by atoms with Crippen molar-refractivity contribution in [1.82, 2.24) is 9.78 Å².